The first kappa shape index (κ1) is 15.2. The molecule has 2 aromatic heterocycles. The maximum Gasteiger partial charge on any atom is 0.0789 e. The van der Waals surface area contributed by atoms with E-state index in [4.69, 9.17) is 0 Å². The number of thiophene rings is 2. The average Bonchev–Trinajstić information content (AvgIpc) is 2.78. The van der Waals surface area contributed by atoms with Crippen LogP contribution in [-0.4, -0.2) is 0 Å². The maximum atomic E-state index is 3.29. The van der Waals surface area contributed by atoms with Gasteiger partial charge >= 0.3 is 0 Å². The van der Waals surface area contributed by atoms with Crippen LogP contribution >= 0.6 is 22.7 Å². The van der Waals surface area contributed by atoms with Crippen LogP contribution in [0.5, 0.6) is 0 Å². The summed E-state index contributed by atoms with van der Waals surface area (Å²) in [6.45, 7) is 12.8. The van der Waals surface area contributed by atoms with Crippen LogP contribution in [0.3, 0.4) is 0 Å². The van der Waals surface area contributed by atoms with Gasteiger partial charge in [0.15, 0.2) is 0 Å². The van der Waals surface area contributed by atoms with Crippen molar-refractivity contribution in [1.29, 1.82) is 0 Å². The minimum atomic E-state index is 0.0563. The summed E-state index contributed by atoms with van der Waals surface area (Å²) in [4.78, 5) is 2.30. The minimum Gasteiger partial charge on any atom is -0.126 e. The smallest absolute Gasteiger partial charge is 0.0789 e. The molecule has 2 rings (SSSR count). The Hall–Kier alpha value is -1.22. The number of hydrogen-bond donors (Lipinski definition) is 0. The predicted octanol–water partition coefficient (Wildman–Crippen LogP) is 5.76. The Bertz CT molecular complexity index is 642. The molecule has 0 aromatic carbocycles. The maximum absolute atomic E-state index is 3.29. The minimum absolute atomic E-state index is 0.0563. The molecule has 0 aliphatic heterocycles. The van der Waals surface area contributed by atoms with E-state index in [2.05, 4.69) is 77.4 Å². The van der Waals surface area contributed by atoms with Crippen LogP contribution in [0.25, 0.3) is 9.40 Å². The molecule has 0 aliphatic rings. The van der Waals surface area contributed by atoms with Crippen LogP contribution < -0.4 is 0 Å². The van der Waals surface area contributed by atoms with E-state index in [1.165, 1.54) is 9.40 Å². The molecule has 0 amide bonds. The summed E-state index contributed by atoms with van der Waals surface area (Å²) >= 11 is 3.52. The lowest BCUT2D eigenvalue weighted by Gasteiger charge is -2.06. The zero-order valence-electron chi connectivity index (χ0n) is 13.0. The van der Waals surface area contributed by atoms with Crippen LogP contribution in [0.15, 0.2) is 12.1 Å². The summed E-state index contributed by atoms with van der Waals surface area (Å²) in [7, 11) is 0. The second-order valence-corrected chi connectivity index (χ2v) is 9.12. The third-order valence-corrected chi connectivity index (χ3v) is 4.45. The highest BCUT2D eigenvalue weighted by molar-refractivity contribution is 7.28. The molecule has 2 aromatic rings. The Labute approximate surface area is 130 Å². The second kappa shape index (κ2) is 5.28. The van der Waals surface area contributed by atoms with Gasteiger partial charge < -0.3 is 0 Å². The van der Waals surface area contributed by atoms with Gasteiger partial charge in [-0.05, 0) is 53.7 Å². The molecule has 0 saturated heterocycles. The van der Waals surface area contributed by atoms with Gasteiger partial charge in [-0.25, -0.2) is 0 Å². The summed E-state index contributed by atoms with van der Waals surface area (Å²) in [5.41, 5.74) is 0.113. The third-order valence-electron chi connectivity index (χ3n) is 2.33. The van der Waals surface area contributed by atoms with Gasteiger partial charge in [-0.1, -0.05) is 23.7 Å². The second-order valence-electron chi connectivity index (χ2n) is 6.95. The molecule has 0 radical (unpaired) electrons. The van der Waals surface area contributed by atoms with Gasteiger partial charge in [0.2, 0.25) is 0 Å². The Morgan fingerprint density at radius 1 is 0.700 bits per heavy atom. The lowest BCUT2D eigenvalue weighted by atomic mass is 9.98. The van der Waals surface area contributed by atoms with E-state index in [1.807, 2.05) is 0 Å². The average molecular weight is 300 g/mol. The van der Waals surface area contributed by atoms with Gasteiger partial charge in [-0.2, -0.15) is 0 Å². The molecular formula is C18H20S2. The third kappa shape index (κ3) is 4.41. The van der Waals surface area contributed by atoms with Crippen molar-refractivity contribution in [3.63, 3.8) is 0 Å². The Kier molecular flexibility index (Phi) is 4.01. The zero-order chi connectivity index (χ0) is 15.0. The highest BCUT2D eigenvalue weighted by Gasteiger charge is 2.08. The van der Waals surface area contributed by atoms with Crippen molar-refractivity contribution in [2.45, 2.75) is 41.5 Å². The molecule has 0 spiro atoms. The van der Waals surface area contributed by atoms with Crippen LogP contribution in [0.2, 0.25) is 0 Å². The highest BCUT2D eigenvalue weighted by Crippen LogP contribution is 2.32. The van der Waals surface area contributed by atoms with Crippen LogP contribution in [0, 0.1) is 34.5 Å². The molecule has 0 N–H and O–H groups in total. The zero-order valence-corrected chi connectivity index (χ0v) is 14.6. The molecule has 104 valence electrons. The van der Waals surface area contributed by atoms with E-state index in [0.717, 1.165) is 9.75 Å². The van der Waals surface area contributed by atoms with Gasteiger partial charge in [0, 0.05) is 20.2 Å². The first-order valence-corrected chi connectivity index (χ1v) is 8.35. The normalized spacial score (nSPS) is 11.7. The highest BCUT2D eigenvalue weighted by atomic mass is 32.1. The molecule has 0 saturated carbocycles. The molecular weight excluding hydrogens is 280 g/mol. The van der Waals surface area contributed by atoms with Crippen LogP contribution in [-0.2, 0) is 0 Å². The molecule has 0 fully saturated rings. The Morgan fingerprint density at radius 3 is 1.35 bits per heavy atom. The number of rotatable bonds is 0. The Morgan fingerprint density at radius 2 is 1.05 bits per heavy atom. The fourth-order valence-electron chi connectivity index (χ4n) is 1.46. The van der Waals surface area contributed by atoms with E-state index in [0.29, 0.717) is 0 Å². The van der Waals surface area contributed by atoms with Crippen molar-refractivity contribution in [1.82, 2.24) is 0 Å². The number of fused-ring (bicyclic) bond motifs is 1. The quantitative estimate of drug-likeness (QED) is 0.543. The fraction of sp³-hybridized carbons (Fsp3) is 0.444. The first-order valence-electron chi connectivity index (χ1n) is 6.72. The molecule has 0 atom stereocenters. The molecule has 0 bridgehead atoms. The van der Waals surface area contributed by atoms with E-state index >= 15 is 0 Å². The van der Waals surface area contributed by atoms with Crippen molar-refractivity contribution >= 4 is 32.1 Å². The monoisotopic (exact) mass is 300 g/mol. The van der Waals surface area contributed by atoms with E-state index in [9.17, 15) is 0 Å². The van der Waals surface area contributed by atoms with Crippen molar-refractivity contribution in [3.8, 4) is 23.7 Å². The lowest BCUT2D eigenvalue weighted by molar-refractivity contribution is 0.570. The van der Waals surface area contributed by atoms with Crippen molar-refractivity contribution in [2.24, 2.45) is 10.8 Å². The molecule has 0 unspecified atom stereocenters. The standard InChI is InChI=1S/C18H20S2/c1-17(2,3)9-7-13-11-15-16(19-13)12-14(20-15)8-10-18(4,5)6/h11-12H,1-6H3. The van der Waals surface area contributed by atoms with E-state index in [-0.39, 0.29) is 10.8 Å². The van der Waals surface area contributed by atoms with Crippen molar-refractivity contribution in [3.05, 3.63) is 21.9 Å². The largest absolute Gasteiger partial charge is 0.126 e. The van der Waals surface area contributed by atoms with Gasteiger partial charge in [0.1, 0.15) is 0 Å². The molecule has 0 nitrogen and oxygen atoms in total. The molecule has 2 heterocycles. The van der Waals surface area contributed by atoms with E-state index < -0.39 is 0 Å². The fourth-order valence-corrected chi connectivity index (χ4v) is 3.56. The van der Waals surface area contributed by atoms with Gasteiger partial charge in [0.25, 0.3) is 0 Å². The summed E-state index contributed by atoms with van der Waals surface area (Å²) in [5.74, 6) is 13.1. The topological polar surface area (TPSA) is 0 Å². The van der Waals surface area contributed by atoms with Gasteiger partial charge in [-0.15, -0.1) is 22.7 Å². The van der Waals surface area contributed by atoms with Crippen LogP contribution in [0.1, 0.15) is 51.3 Å². The molecule has 20 heavy (non-hydrogen) atoms. The summed E-state index contributed by atoms with van der Waals surface area (Å²) in [6, 6.07) is 4.37. The van der Waals surface area contributed by atoms with Crippen LogP contribution in [0.4, 0.5) is 0 Å². The summed E-state index contributed by atoms with van der Waals surface area (Å²) in [6.07, 6.45) is 0. The molecule has 2 heteroatoms. The van der Waals surface area contributed by atoms with Crippen molar-refractivity contribution < 1.29 is 0 Å². The van der Waals surface area contributed by atoms with Gasteiger partial charge in [0.05, 0.1) is 9.75 Å². The SMILES string of the molecule is CC(C)(C)C#Cc1cc2sc(C#CC(C)(C)C)cc2s1. The summed E-state index contributed by atoms with van der Waals surface area (Å²) < 4.78 is 2.60. The predicted molar refractivity (Wildman–Crippen MR) is 92.4 cm³/mol. The summed E-state index contributed by atoms with van der Waals surface area (Å²) in [5, 5.41) is 0. The first-order chi connectivity index (χ1) is 9.12. The number of hydrogen-bond acceptors (Lipinski definition) is 2. The van der Waals surface area contributed by atoms with E-state index in [1.54, 1.807) is 22.7 Å². The van der Waals surface area contributed by atoms with Crippen molar-refractivity contribution in [2.75, 3.05) is 0 Å². The molecule has 0 aliphatic carbocycles. The lowest BCUT2D eigenvalue weighted by Crippen LogP contribution is -1.98. The Balaban J connectivity index is 2.28. The van der Waals surface area contributed by atoms with Gasteiger partial charge in [-0.3, -0.25) is 0 Å².